The van der Waals surface area contributed by atoms with Crippen LogP contribution in [0.25, 0.3) is 0 Å². The number of hydrogen-bond acceptors (Lipinski definition) is 2. The highest BCUT2D eigenvalue weighted by atomic mass is 19.3. The quantitative estimate of drug-likeness (QED) is 0.827. The fourth-order valence-corrected chi connectivity index (χ4v) is 2.05. The Bertz CT molecular complexity index is 342. The number of aliphatic hydroxyl groups excluding tert-OH is 1. The van der Waals surface area contributed by atoms with Gasteiger partial charge in [0.1, 0.15) is 0 Å². The van der Waals surface area contributed by atoms with Crippen molar-refractivity contribution in [2.24, 2.45) is 0 Å². The third-order valence-corrected chi connectivity index (χ3v) is 2.98. The molecule has 4 heteroatoms. The van der Waals surface area contributed by atoms with Crippen LogP contribution in [0.4, 0.5) is 8.78 Å². The van der Waals surface area contributed by atoms with Crippen molar-refractivity contribution >= 4 is 0 Å². The largest absolute Gasteiger partial charge is 0.391 e. The van der Waals surface area contributed by atoms with E-state index in [4.69, 9.17) is 0 Å². The fourth-order valence-electron chi connectivity index (χ4n) is 2.05. The summed E-state index contributed by atoms with van der Waals surface area (Å²) >= 11 is 0. The second-order valence-electron chi connectivity index (χ2n) is 4.21. The molecule has 1 fully saturated rings. The molecule has 0 aliphatic heterocycles. The van der Waals surface area contributed by atoms with E-state index in [9.17, 15) is 13.9 Å². The Morgan fingerprint density at radius 3 is 2.56 bits per heavy atom. The summed E-state index contributed by atoms with van der Waals surface area (Å²) in [5.74, 6) is -2.80. The van der Waals surface area contributed by atoms with E-state index in [1.807, 2.05) is 30.3 Å². The van der Waals surface area contributed by atoms with Crippen LogP contribution in [-0.2, 0) is 6.54 Å². The molecule has 0 heterocycles. The molecule has 1 saturated carbocycles. The van der Waals surface area contributed by atoms with Gasteiger partial charge in [-0.25, -0.2) is 8.78 Å². The van der Waals surface area contributed by atoms with E-state index in [0.29, 0.717) is 6.54 Å². The van der Waals surface area contributed by atoms with Crippen molar-refractivity contribution in [1.29, 1.82) is 0 Å². The number of aliphatic hydroxyl groups is 1. The smallest absolute Gasteiger partial charge is 0.265 e. The fraction of sp³-hybridized carbons (Fsp3) is 0.500. The van der Waals surface area contributed by atoms with Crippen LogP contribution in [-0.4, -0.2) is 23.2 Å². The summed E-state index contributed by atoms with van der Waals surface area (Å²) in [7, 11) is 0. The van der Waals surface area contributed by atoms with Gasteiger partial charge in [0.25, 0.3) is 5.92 Å². The number of benzene rings is 1. The van der Waals surface area contributed by atoms with Crippen LogP contribution in [0, 0.1) is 0 Å². The molecule has 0 aromatic heterocycles. The third kappa shape index (κ3) is 2.39. The predicted octanol–water partition coefficient (Wildman–Crippen LogP) is 1.93. The van der Waals surface area contributed by atoms with Gasteiger partial charge in [0.15, 0.2) is 0 Å². The van der Waals surface area contributed by atoms with Crippen molar-refractivity contribution in [2.45, 2.75) is 37.5 Å². The maximum absolute atomic E-state index is 13.3. The maximum atomic E-state index is 13.3. The van der Waals surface area contributed by atoms with Crippen LogP contribution >= 0.6 is 0 Å². The van der Waals surface area contributed by atoms with Crippen molar-refractivity contribution < 1.29 is 13.9 Å². The van der Waals surface area contributed by atoms with Crippen LogP contribution in [0.1, 0.15) is 18.4 Å². The lowest BCUT2D eigenvalue weighted by Gasteiger charge is -2.22. The van der Waals surface area contributed by atoms with E-state index in [0.717, 1.165) is 5.56 Å². The van der Waals surface area contributed by atoms with Crippen LogP contribution in [0.15, 0.2) is 30.3 Å². The van der Waals surface area contributed by atoms with E-state index in [-0.39, 0.29) is 12.8 Å². The van der Waals surface area contributed by atoms with Crippen molar-refractivity contribution in [3.63, 3.8) is 0 Å². The highest BCUT2D eigenvalue weighted by Gasteiger charge is 2.49. The first-order valence-electron chi connectivity index (χ1n) is 5.43. The molecule has 0 radical (unpaired) electrons. The molecule has 2 atom stereocenters. The summed E-state index contributed by atoms with van der Waals surface area (Å²) in [6.45, 7) is 0.359. The van der Waals surface area contributed by atoms with Crippen molar-refractivity contribution in [1.82, 2.24) is 5.32 Å². The minimum atomic E-state index is -2.80. The molecule has 1 aromatic carbocycles. The number of alkyl halides is 2. The van der Waals surface area contributed by atoms with Gasteiger partial charge in [-0.05, 0) is 12.0 Å². The lowest BCUT2D eigenvalue weighted by Crippen LogP contribution is -2.46. The number of halogens is 2. The molecule has 1 aromatic rings. The van der Waals surface area contributed by atoms with E-state index in [1.54, 1.807) is 0 Å². The average Bonchev–Trinajstić information content (AvgIpc) is 2.52. The van der Waals surface area contributed by atoms with Gasteiger partial charge in [-0.2, -0.15) is 0 Å². The van der Waals surface area contributed by atoms with Gasteiger partial charge in [-0.15, -0.1) is 0 Å². The first-order valence-corrected chi connectivity index (χ1v) is 5.43. The zero-order valence-corrected chi connectivity index (χ0v) is 8.87. The van der Waals surface area contributed by atoms with Crippen LogP contribution < -0.4 is 5.32 Å². The van der Waals surface area contributed by atoms with E-state index in [2.05, 4.69) is 5.32 Å². The van der Waals surface area contributed by atoms with Crippen LogP contribution in [0.2, 0.25) is 0 Å². The Hall–Kier alpha value is -1.00. The first-order chi connectivity index (χ1) is 7.59. The molecule has 16 heavy (non-hydrogen) atoms. The maximum Gasteiger partial charge on any atom is 0.265 e. The first kappa shape index (κ1) is 11.5. The molecular formula is C12H15F2NO. The minimum absolute atomic E-state index is 0.166. The molecule has 2 rings (SSSR count). The Labute approximate surface area is 93.3 Å². The lowest BCUT2D eigenvalue weighted by molar-refractivity contribution is -0.0373. The molecule has 1 aliphatic carbocycles. The molecule has 0 bridgehead atoms. The molecule has 0 saturated heterocycles. The highest BCUT2D eigenvalue weighted by Crippen LogP contribution is 2.35. The summed E-state index contributed by atoms with van der Waals surface area (Å²) in [4.78, 5) is 0. The normalized spacial score (nSPS) is 28.2. The SMILES string of the molecule is OC1CCC(F)(F)C1NCc1ccccc1. The van der Waals surface area contributed by atoms with Crippen molar-refractivity contribution in [3.8, 4) is 0 Å². The van der Waals surface area contributed by atoms with Crippen molar-refractivity contribution in [2.75, 3.05) is 0 Å². The minimum Gasteiger partial charge on any atom is -0.391 e. The molecule has 2 N–H and O–H groups in total. The number of nitrogens with one attached hydrogen (secondary N) is 1. The topological polar surface area (TPSA) is 32.3 Å². The summed E-state index contributed by atoms with van der Waals surface area (Å²) in [5.41, 5.74) is 0.942. The van der Waals surface area contributed by atoms with E-state index >= 15 is 0 Å². The van der Waals surface area contributed by atoms with Crippen molar-refractivity contribution in [3.05, 3.63) is 35.9 Å². The average molecular weight is 227 g/mol. The zero-order valence-electron chi connectivity index (χ0n) is 8.87. The lowest BCUT2D eigenvalue weighted by atomic mass is 10.1. The zero-order chi connectivity index (χ0) is 11.6. The molecule has 88 valence electrons. The van der Waals surface area contributed by atoms with Gasteiger partial charge >= 0.3 is 0 Å². The summed E-state index contributed by atoms with van der Waals surface area (Å²) in [5, 5.41) is 12.2. The second-order valence-corrected chi connectivity index (χ2v) is 4.21. The van der Waals surface area contributed by atoms with Gasteiger partial charge < -0.3 is 10.4 Å². The molecule has 1 aliphatic rings. The van der Waals surface area contributed by atoms with Gasteiger partial charge in [-0.3, -0.25) is 0 Å². The molecular weight excluding hydrogens is 212 g/mol. The van der Waals surface area contributed by atoms with Gasteiger partial charge in [0.2, 0.25) is 0 Å². The molecule has 0 amide bonds. The van der Waals surface area contributed by atoms with Gasteiger partial charge in [-0.1, -0.05) is 30.3 Å². The highest BCUT2D eigenvalue weighted by molar-refractivity contribution is 5.14. The van der Waals surface area contributed by atoms with Gasteiger partial charge in [0.05, 0.1) is 12.1 Å². The van der Waals surface area contributed by atoms with E-state index in [1.165, 1.54) is 0 Å². The standard InChI is InChI=1S/C12H15F2NO/c13-12(14)7-6-10(16)11(12)15-8-9-4-2-1-3-5-9/h1-5,10-11,15-16H,6-8H2. The summed E-state index contributed by atoms with van der Waals surface area (Å²) in [6.07, 6.45) is -1.02. The van der Waals surface area contributed by atoms with Crippen LogP contribution in [0.3, 0.4) is 0 Å². The third-order valence-electron chi connectivity index (χ3n) is 2.98. The Morgan fingerprint density at radius 1 is 1.31 bits per heavy atom. The summed E-state index contributed by atoms with van der Waals surface area (Å²) < 4.78 is 26.7. The predicted molar refractivity (Wildman–Crippen MR) is 57.3 cm³/mol. The molecule has 0 spiro atoms. The molecule has 2 nitrogen and oxygen atoms in total. The summed E-state index contributed by atoms with van der Waals surface area (Å²) in [6, 6.07) is 8.22. The Morgan fingerprint density at radius 2 is 2.00 bits per heavy atom. The van der Waals surface area contributed by atoms with Gasteiger partial charge in [0, 0.05) is 13.0 Å². The number of hydrogen-bond donors (Lipinski definition) is 2. The van der Waals surface area contributed by atoms with Crippen LogP contribution in [0.5, 0.6) is 0 Å². The second kappa shape index (κ2) is 4.47. The molecule has 2 unspecified atom stereocenters. The Balaban J connectivity index is 1.95. The monoisotopic (exact) mass is 227 g/mol. The number of rotatable bonds is 3. The Kier molecular flexibility index (Phi) is 3.21. The van der Waals surface area contributed by atoms with E-state index < -0.39 is 18.1 Å².